The molecular weight excluding hydrogens is 230 g/mol. The Balaban J connectivity index is 2.44. The molecule has 1 saturated heterocycles. The second-order valence-corrected chi connectivity index (χ2v) is 6.73. The van der Waals surface area contributed by atoms with Gasteiger partial charge in [-0.05, 0) is 6.92 Å². The van der Waals surface area contributed by atoms with E-state index in [0.717, 1.165) is 0 Å². The van der Waals surface area contributed by atoms with Crippen LogP contribution in [-0.4, -0.2) is 73.9 Å². The minimum Gasteiger partial charge on any atom is -0.394 e. The Kier molecular flexibility index (Phi) is 4.30. The van der Waals surface area contributed by atoms with E-state index in [1.54, 1.807) is 6.92 Å². The molecule has 0 bridgehead atoms. The molecule has 0 amide bonds. The van der Waals surface area contributed by atoms with Crippen LogP contribution in [0.2, 0.25) is 0 Å². The fraction of sp³-hybridized carbons (Fsp3) is 1.00. The maximum absolute atomic E-state index is 11.3. The first-order chi connectivity index (χ1) is 7.24. The highest BCUT2D eigenvalue weighted by Gasteiger charge is 2.27. The van der Waals surface area contributed by atoms with Gasteiger partial charge < -0.3 is 10.8 Å². The first kappa shape index (κ1) is 13.9. The SMILES string of the molecule is CC(N)(CO)CN1CCN(S(C)(=O)=O)CC1. The molecule has 1 aliphatic rings. The molecule has 0 aromatic rings. The van der Waals surface area contributed by atoms with Gasteiger partial charge in [0.25, 0.3) is 0 Å². The normalized spacial score (nSPS) is 24.2. The number of aliphatic hydroxyl groups excluding tert-OH is 1. The standard InChI is InChI=1S/C9H21N3O3S/c1-9(10,8-13)7-11-3-5-12(6-4-11)16(2,14)15/h13H,3-8,10H2,1-2H3. The van der Waals surface area contributed by atoms with Crippen LogP contribution >= 0.6 is 0 Å². The molecule has 1 atom stereocenters. The molecule has 96 valence electrons. The minimum absolute atomic E-state index is 0.0701. The van der Waals surface area contributed by atoms with Crippen molar-refractivity contribution in [2.45, 2.75) is 12.5 Å². The third kappa shape index (κ3) is 3.99. The number of piperazine rings is 1. The summed E-state index contributed by atoms with van der Waals surface area (Å²) in [5, 5.41) is 9.05. The molecule has 16 heavy (non-hydrogen) atoms. The van der Waals surface area contributed by atoms with E-state index >= 15 is 0 Å². The lowest BCUT2D eigenvalue weighted by Gasteiger charge is -2.37. The predicted molar refractivity (Wildman–Crippen MR) is 62.5 cm³/mol. The van der Waals surface area contributed by atoms with Gasteiger partial charge in [0.2, 0.25) is 10.0 Å². The molecule has 1 fully saturated rings. The molecule has 7 heteroatoms. The quantitative estimate of drug-likeness (QED) is 0.620. The third-order valence-electron chi connectivity index (χ3n) is 2.75. The molecule has 0 saturated carbocycles. The number of nitrogens with zero attached hydrogens (tertiary/aromatic N) is 2. The highest BCUT2D eigenvalue weighted by Crippen LogP contribution is 2.09. The molecule has 0 aromatic heterocycles. The Morgan fingerprint density at radius 2 is 1.81 bits per heavy atom. The van der Waals surface area contributed by atoms with E-state index in [9.17, 15) is 8.42 Å². The van der Waals surface area contributed by atoms with Gasteiger partial charge in [-0.25, -0.2) is 8.42 Å². The van der Waals surface area contributed by atoms with Gasteiger partial charge in [0.05, 0.1) is 12.9 Å². The fourth-order valence-electron chi connectivity index (χ4n) is 1.78. The highest BCUT2D eigenvalue weighted by molar-refractivity contribution is 7.88. The monoisotopic (exact) mass is 251 g/mol. The summed E-state index contributed by atoms with van der Waals surface area (Å²) >= 11 is 0. The van der Waals surface area contributed by atoms with Crippen molar-refractivity contribution in [3.05, 3.63) is 0 Å². The van der Waals surface area contributed by atoms with Crippen molar-refractivity contribution in [1.29, 1.82) is 0 Å². The van der Waals surface area contributed by atoms with Crippen LogP contribution in [0.1, 0.15) is 6.92 Å². The van der Waals surface area contributed by atoms with Crippen LogP contribution in [-0.2, 0) is 10.0 Å². The average Bonchev–Trinajstić information content (AvgIpc) is 2.16. The van der Waals surface area contributed by atoms with E-state index in [1.165, 1.54) is 10.6 Å². The Labute approximate surface area is 97.1 Å². The van der Waals surface area contributed by atoms with Crippen LogP contribution < -0.4 is 5.73 Å². The van der Waals surface area contributed by atoms with Gasteiger partial charge in [-0.2, -0.15) is 4.31 Å². The molecular formula is C9H21N3O3S. The summed E-state index contributed by atoms with van der Waals surface area (Å²) < 4.78 is 24.0. The van der Waals surface area contributed by atoms with Gasteiger partial charge in [-0.3, -0.25) is 4.90 Å². The Bertz CT molecular complexity index is 321. The van der Waals surface area contributed by atoms with Gasteiger partial charge in [0.1, 0.15) is 0 Å². The van der Waals surface area contributed by atoms with Crippen molar-refractivity contribution >= 4 is 10.0 Å². The summed E-state index contributed by atoms with van der Waals surface area (Å²) in [4.78, 5) is 2.08. The Morgan fingerprint density at radius 1 is 1.31 bits per heavy atom. The lowest BCUT2D eigenvalue weighted by atomic mass is 10.0. The first-order valence-electron chi connectivity index (χ1n) is 5.32. The molecule has 1 aliphatic heterocycles. The molecule has 1 heterocycles. The van der Waals surface area contributed by atoms with E-state index in [2.05, 4.69) is 4.90 Å². The summed E-state index contributed by atoms with van der Waals surface area (Å²) in [5.74, 6) is 0. The molecule has 1 rings (SSSR count). The number of hydrogen-bond donors (Lipinski definition) is 2. The van der Waals surface area contributed by atoms with Gasteiger partial charge in [0, 0.05) is 38.3 Å². The minimum atomic E-state index is -3.07. The zero-order chi connectivity index (χ0) is 12.4. The van der Waals surface area contributed by atoms with E-state index < -0.39 is 15.6 Å². The highest BCUT2D eigenvalue weighted by atomic mass is 32.2. The van der Waals surface area contributed by atoms with Gasteiger partial charge in [-0.15, -0.1) is 0 Å². The summed E-state index contributed by atoms with van der Waals surface area (Å²) in [6.45, 7) is 4.64. The molecule has 0 aliphatic carbocycles. The third-order valence-corrected chi connectivity index (χ3v) is 4.05. The predicted octanol–water partition coefficient (Wildman–Crippen LogP) is -1.73. The lowest BCUT2D eigenvalue weighted by Crippen LogP contribution is -2.56. The largest absolute Gasteiger partial charge is 0.394 e. The van der Waals surface area contributed by atoms with E-state index in [-0.39, 0.29) is 6.61 Å². The summed E-state index contributed by atoms with van der Waals surface area (Å²) in [5.41, 5.74) is 5.23. The molecule has 6 nitrogen and oxygen atoms in total. The Morgan fingerprint density at radius 3 is 2.19 bits per heavy atom. The summed E-state index contributed by atoms with van der Waals surface area (Å²) in [6, 6.07) is 0. The number of rotatable bonds is 4. The van der Waals surface area contributed by atoms with Crippen molar-refractivity contribution in [1.82, 2.24) is 9.21 Å². The topological polar surface area (TPSA) is 86.9 Å². The van der Waals surface area contributed by atoms with Crippen molar-refractivity contribution in [3.63, 3.8) is 0 Å². The van der Waals surface area contributed by atoms with Crippen molar-refractivity contribution in [2.75, 3.05) is 45.6 Å². The fourth-order valence-corrected chi connectivity index (χ4v) is 2.61. The van der Waals surface area contributed by atoms with E-state index in [4.69, 9.17) is 10.8 Å². The maximum Gasteiger partial charge on any atom is 0.211 e. The van der Waals surface area contributed by atoms with Gasteiger partial charge in [-0.1, -0.05) is 0 Å². The maximum atomic E-state index is 11.3. The lowest BCUT2D eigenvalue weighted by molar-refractivity contribution is 0.121. The number of sulfonamides is 1. The number of hydrogen-bond acceptors (Lipinski definition) is 5. The van der Waals surface area contributed by atoms with Crippen LogP contribution in [0.5, 0.6) is 0 Å². The summed E-state index contributed by atoms with van der Waals surface area (Å²) in [7, 11) is -3.07. The van der Waals surface area contributed by atoms with Gasteiger partial charge in [0.15, 0.2) is 0 Å². The average molecular weight is 251 g/mol. The van der Waals surface area contributed by atoms with Crippen LogP contribution in [0.4, 0.5) is 0 Å². The molecule has 0 radical (unpaired) electrons. The van der Waals surface area contributed by atoms with Crippen molar-refractivity contribution in [3.8, 4) is 0 Å². The molecule has 0 aromatic carbocycles. The number of nitrogens with two attached hydrogens (primary N) is 1. The van der Waals surface area contributed by atoms with E-state index in [1.807, 2.05) is 0 Å². The van der Waals surface area contributed by atoms with Crippen LogP contribution in [0.3, 0.4) is 0 Å². The van der Waals surface area contributed by atoms with Crippen LogP contribution in [0, 0.1) is 0 Å². The first-order valence-corrected chi connectivity index (χ1v) is 7.17. The molecule has 3 N–H and O–H groups in total. The summed E-state index contributed by atoms with van der Waals surface area (Å²) in [6.07, 6.45) is 1.23. The van der Waals surface area contributed by atoms with Crippen molar-refractivity contribution < 1.29 is 13.5 Å². The number of aliphatic hydroxyl groups is 1. The van der Waals surface area contributed by atoms with E-state index in [0.29, 0.717) is 32.7 Å². The molecule has 0 spiro atoms. The second-order valence-electron chi connectivity index (χ2n) is 4.75. The van der Waals surface area contributed by atoms with Crippen molar-refractivity contribution in [2.24, 2.45) is 5.73 Å². The zero-order valence-electron chi connectivity index (χ0n) is 9.89. The van der Waals surface area contributed by atoms with Crippen LogP contribution in [0.25, 0.3) is 0 Å². The Hall–Kier alpha value is -0.210. The second kappa shape index (κ2) is 4.97. The zero-order valence-corrected chi connectivity index (χ0v) is 10.7. The molecule has 1 unspecified atom stereocenters. The van der Waals surface area contributed by atoms with Gasteiger partial charge >= 0.3 is 0 Å². The smallest absolute Gasteiger partial charge is 0.211 e. The van der Waals surface area contributed by atoms with Crippen LogP contribution in [0.15, 0.2) is 0 Å².